The van der Waals surface area contributed by atoms with E-state index in [1.54, 1.807) is 30.3 Å². The van der Waals surface area contributed by atoms with Gasteiger partial charge in [-0.25, -0.2) is 13.6 Å². The summed E-state index contributed by atoms with van der Waals surface area (Å²) in [5, 5.41) is 8.58. The number of nitrogen functional groups attached to an aromatic ring is 1. The zero-order chi connectivity index (χ0) is 14.0. The fraction of sp³-hybridized carbons (Fsp3) is 0. The van der Waals surface area contributed by atoms with Crippen molar-refractivity contribution in [3.8, 4) is 0 Å². The molecule has 0 amide bonds. The Bertz CT molecular complexity index is 699. The molecule has 5 N–H and O–H groups in total. The van der Waals surface area contributed by atoms with Gasteiger partial charge < -0.3 is 11.1 Å². The lowest BCUT2D eigenvalue weighted by molar-refractivity contribution is 0.598. The van der Waals surface area contributed by atoms with Crippen LogP contribution in [0.1, 0.15) is 0 Å². The second kappa shape index (κ2) is 5.08. The summed E-state index contributed by atoms with van der Waals surface area (Å²) in [7, 11) is -3.68. The minimum Gasteiger partial charge on any atom is -0.399 e. The van der Waals surface area contributed by atoms with Crippen molar-refractivity contribution in [1.82, 2.24) is 0 Å². The van der Waals surface area contributed by atoms with Gasteiger partial charge in [-0.05, 0) is 42.5 Å². The SMILES string of the molecule is Nc1ccc(Cl)c(Nc2ccc(S(N)(=O)=O)cc2)c1. The number of hydrogen-bond donors (Lipinski definition) is 3. The third-order valence-electron chi connectivity index (χ3n) is 2.45. The number of primary sulfonamides is 1. The summed E-state index contributed by atoms with van der Waals surface area (Å²) in [6.07, 6.45) is 0. The first-order valence-electron chi connectivity index (χ1n) is 5.31. The van der Waals surface area contributed by atoms with E-state index in [-0.39, 0.29) is 4.90 Å². The highest BCUT2D eigenvalue weighted by Crippen LogP contribution is 2.27. The molecule has 2 aromatic carbocycles. The van der Waals surface area contributed by atoms with Gasteiger partial charge in [-0.1, -0.05) is 11.6 Å². The quantitative estimate of drug-likeness (QED) is 0.757. The summed E-state index contributed by atoms with van der Waals surface area (Å²) in [6, 6.07) is 11.1. The number of benzene rings is 2. The van der Waals surface area contributed by atoms with E-state index in [9.17, 15) is 8.42 Å². The lowest BCUT2D eigenvalue weighted by Gasteiger charge is -2.09. The van der Waals surface area contributed by atoms with Crippen LogP contribution in [0.5, 0.6) is 0 Å². The first kappa shape index (κ1) is 13.7. The predicted molar refractivity (Wildman–Crippen MR) is 77.0 cm³/mol. The van der Waals surface area contributed by atoms with Gasteiger partial charge in [0.05, 0.1) is 15.6 Å². The number of sulfonamides is 1. The molecule has 19 heavy (non-hydrogen) atoms. The first-order valence-corrected chi connectivity index (χ1v) is 7.23. The Kier molecular flexibility index (Phi) is 3.66. The van der Waals surface area contributed by atoms with Crippen molar-refractivity contribution in [1.29, 1.82) is 0 Å². The Morgan fingerprint density at radius 2 is 1.68 bits per heavy atom. The third kappa shape index (κ3) is 3.37. The zero-order valence-electron chi connectivity index (χ0n) is 9.80. The van der Waals surface area contributed by atoms with Crippen molar-refractivity contribution < 1.29 is 8.42 Å². The second-order valence-corrected chi connectivity index (χ2v) is 5.90. The van der Waals surface area contributed by atoms with Gasteiger partial charge in [0, 0.05) is 11.4 Å². The predicted octanol–water partition coefficient (Wildman–Crippen LogP) is 2.31. The van der Waals surface area contributed by atoms with Crippen LogP contribution in [0.15, 0.2) is 47.4 Å². The fourth-order valence-corrected chi connectivity index (χ4v) is 2.20. The molecule has 100 valence electrons. The van der Waals surface area contributed by atoms with Crippen molar-refractivity contribution in [3.63, 3.8) is 0 Å². The normalized spacial score (nSPS) is 11.3. The molecular weight excluding hydrogens is 286 g/mol. The van der Waals surface area contributed by atoms with E-state index in [0.29, 0.717) is 22.1 Å². The monoisotopic (exact) mass is 297 g/mol. The highest BCUT2D eigenvalue weighted by atomic mass is 35.5. The summed E-state index contributed by atoms with van der Waals surface area (Å²) in [5.74, 6) is 0. The number of nitrogens with two attached hydrogens (primary N) is 2. The van der Waals surface area contributed by atoms with Gasteiger partial charge in [0.25, 0.3) is 0 Å². The van der Waals surface area contributed by atoms with Crippen LogP contribution in [0.3, 0.4) is 0 Å². The lowest BCUT2D eigenvalue weighted by Crippen LogP contribution is -2.11. The van der Waals surface area contributed by atoms with Gasteiger partial charge in [-0.2, -0.15) is 0 Å². The molecule has 5 nitrogen and oxygen atoms in total. The zero-order valence-corrected chi connectivity index (χ0v) is 11.4. The van der Waals surface area contributed by atoms with Crippen LogP contribution in [0, 0.1) is 0 Å². The van der Waals surface area contributed by atoms with E-state index in [0.717, 1.165) is 0 Å². The molecule has 0 heterocycles. The largest absolute Gasteiger partial charge is 0.399 e. The van der Waals surface area contributed by atoms with Crippen LogP contribution < -0.4 is 16.2 Å². The van der Waals surface area contributed by atoms with Gasteiger partial charge >= 0.3 is 0 Å². The molecule has 0 radical (unpaired) electrons. The molecule has 0 aromatic heterocycles. The Balaban J connectivity index is 2.27. The Morgan fingerprint density at radius 3 is 2.26 bits per heavy atom. The molecule has 0 spiro atoms. The Hall–Kier alpha value is -1.76. The van der Waals surface area contributed by atoms with Crippen LogP contribution in [0.25, 0.3) is 0 Å². The summed E-state index contributed by atoms with van der Waals surface area (Å²) in [4.78, 5) is 0.0525. The van der Waals surface area contributed by atoms with Crippen molar-refractivity contribution in [2.45, 2.75) is 4.90 Å². The Morgan fingerprint density at radius 1 is 1.05 bits per heavy atom. The van der Waals surface area contributed by atoms with E-state index >= 15 is 0 Å². The fourth-order valence-electron chi connectivity index (χ4n) is 1.52. The average molecular weight is 298 g/mol. The summed E-state index contributed by atoms with van der Waals surface area (Å²) in [6.45, 7) is 0. The van der Waals surface area contributed by atoms with Crippen LogP contribution in [0.2, 0.25) is 5.02 Å². The smallest absolute Gasteiger partial charge is 0.238 e. The van der Waals surface area contributed by atoms with Crippen molar-refractivity contribution in [2.75, 3.05) is 11.1 Å². The van der Waals surface area contributed by atoms with E-state index in [1.165, 1.54) is 12.1 Å². The number of nitrogens with one attached hydrogen (secondary N) is 1. The van der Waals surface area contributed by atoms with Crippen LogP contribution >= 0.6 is 11.6 Å². The Labute approximate surface area is 116 Å². The molecule has 0 fully saturated rings. The number of rotatable bonds is 3. The van der Waals surface area contributed by atoms with E-state index in [4.69, 9.17) is 22.5 Å². The molecule has 0 aliphatic carbocycles. The number of halogens is 1. The highest BCUT2D eigenvalue weighted by molar-refractivity contribution is 7.89. The molecule has 0 aliphatic rings. The van der Waals surface area contributed by atoms with E-state index in [2.05, 4.69) is 5.32 Å². The number of hydrogen-bond acceptors (Lipinski definition) is 4. The highest BCUT2D eigenvalue weighted by Gasteiger charge is 2.07. The van der Waals surface area contributed by atoms with Crippen LogP contribution in [-0.4, -0.2) is 8.42 Å². The molecular formula is C12H12ClN3O2S. The molecule has 0 saturated carbocycles. The molecule has 2 aromatic rings. The first-order chi connectivity index (χ1) is 8.86. The summed E-state index contributed by atoms with van der Waals surface area (Å²) >= 11 is 6.02. The molecule has 0 unspecified atom stereocenters. The maximum absolute atomic E-state index is 11.1. The third-order valence-corrected chi connectivity index (χ3v) is 3.71. The van der Waals surface area contributed by atoms with Gasteiger partial charge in [0.2, 0.25) is 10.0 Å². The van der Waals surface area contributed by atoms with Crippen LogP contribution in [-0.2, 0) is 10.0 Å². The number of anilines is 3. The topological polar surface area (TPSA) is 98.2 Å². The minimum atomic E-state index is -3.68. The molecule has 2 rings (SSSR count). The molecule has 0 aliphatic heterocycles. The van der Waals surface area contributed by atoms with E-state index < -0.39 is 10.0 Å². The average Bonchev–Trinajstić information content (AvgIpc) is 2.33. The minimum absolute atomic E-state index is 0.0525. The van der Waals surface area contributed by atoms with Gasteiger partial charge in [0.15, 0.2) is 0 Å². The molecule has 0 saturated heterocycles. The van der Waals surface area contributed by atoms with Gasteiger partial charge in [0.1, 0.15) is 0 Å². The summed E-state index contributed by atoms with van der Waals surface area (Å²) < 4.78 is 22.2. The van der Waals surface area contributed by atoms with Crippen molar-refractivity contribution >= 4 is 38.7 Å². The molecule has 7 heteroatoms. The summed E-state index contributed by atoms with van der Waals surface area (Å²) in [5.41, 5.74) is 7.57. The van der Waals surface area contributed by atoms with Crippen molar-refractivity contribution in [2.24, 2.45) is 5.14 Å². The van der Waals surface area contributed by atoms with E-state index in [1.807, 2.05) is 0 Å². The van der Waals surface area contributed by atoms with Gasteiger partial charge in [-0.3, -0.25) is 0 Å². The van der Waals surface area contributed by atoms with Crippen LogP contribution in [0.4, 0.5) is 17.1 Å². The van der Waals surface area contributed by atoms with Gasteiger partial charge in [-0.15, -0.1) is 0 Å². The molecule has 0 bridgehead atoms. The lowest BCUT2D eigenvalue weighted by atomic mass is 10.2. The standard InChI is InChI=1S/C12H12ClN3O2S/c13-11-6-1-8(14)7-12(11)16-9-2-4-10(5-3-9)19(15,17)18/h1-7,16H,14H2,(H2,15,17,18). The molecule has 0 atom stereocenters. The maximum Gasteiger partial charge on any atom is 0.238 e. The van der Waals surface area contributed by atoms with Crippen molar-refractivity contribution in [3.05, 3.63) is 47.5 Å². The maximum atomic E-state index is 11.1. The second-order valence-electron chi connectivity index (χ2n) is 3.93.